The first-order valence-corrected chi connectivity index (χ1v) is 10.8. The van der Waals surface area contributed by atoms with Gasteiger partial charge in [-0.3, -0.25) is 14.5 Å². The number of rotatable bonds is 5. The molecule has 0 aliphatic carbocycles. The Bertz CT molecular complexity index is 1150. The van der Waals surface area contributed by atoms with Crippen LogP contribution >= 0.6 is 11.8 Å². The summed E-state index contributed by atoms with van der Waals surface area (Å²) in [6, 6.07) is 19.1. The first-order valence-electron chi connectivity index (χ1n) is 9.72. The molecular formula is C24H21FN2O3S. The van der Waals surface area contributed by atoms with Gasteiger partial charge in [0.15, 0.2) is 0 Å². The van der Waals surface area contributed by atoms with Crippen molar-refractivity contribution in [2.45, 2.75) is 12.3 Å². The van der Waals surface area contributed by atoms with Crippen LogP contribution in [0.2, 0.25) is 0 Å². The number of anilines is 2. The van der Waals surface area contributed by atoms with Gasteiger partial charge in [0.25, 0.3) is 5.91 Å². The molecule has 0 bridgehead atoms. The van der Waals surface area contributed by atoms with E-state index in [2.05, 4.69) is 5.32 Å². The molecule has 1 saturated heterocycles. The number of hydrogen-bond donors (Lipinski definition) is 1. The van der Waals surface area contributed by atoms with Crippen LogP contribution in [0.15, 0.2) is 66.7 Å². The van der Waals surface area contributed by atoms with E-state index in [0.717, 1.165) is 5.56 Å². The molecule has 2 amide bonds. The van der Waals surface area contributed by atoms with Crippen molar-refractivity contribution in [3.8, 4) is 5.75 Å². The third kappa shape index (κ3) is 4.27. The Labute approximate surface area is 184 Å². The summed E-state index contributed by atoms with van der Waals surface area (Å²) < 4.78 is 19.4. The number of nitrogens with zero attached hydrogens (tertiary/aromatic N) is 1. The number of amides is 2. The van der Waals surface area contributed by atoms with E-state index in [9.17, 15) is 14.0 Å². The lowest BCUT2D eigenvalue weighted by Gasteiger charge is -2.25. The molecule has 0 unspecified atom stereocenters. The smallest absolute Gasteiger partial charge is 0.259 e. The fourth-order valence-electron chi connectivity index (χ4n) is 3.48. The second kappa shape index (κ2) is 8.81. The van der Waals surface area contributed by atoms with E-state index < -0.39 is 0 Å². The number of carbonyl (C=O) groups is 2. The first kappa shape index (κ1) is 20.9. The third-order valence-electron chi connectivity index (χ3n) is 5.08. The zero-order valence-electron chi connectivity index (χ0n) is 17.1. The molecule has 158 valence electrons. The molecule has 31 heavy (non-hydrogen) atoms. The molecule has 0 saturated carbocycles. The van der Waals surface area contributed by atoms with Crippen LogP contribution < -0.4 is 15.0 Å². The van der Waals surface area contributed by atoms with E-state index in [4.69, 9.17) is 4.74 Å². The van der Waals surface area contributed by atoms with Crippen molar-refractivity contribution in [1.29, 1.82) is 0 Å². The summed E-state index contributed by atoms with van der Waals surface area (Å²) in [7, 11) is 1.52. The van der Waals surface area contributed by atoms with Crippen molar-refractivity contribution in [2.75, 3.05) is 23.1 Å². The van der Waals surface area contributed by atoms with Crippen molar-refractivity contribution in [3.05, 3.63) is 89.2 Å². The van der Waals surface area contributed by atoms with Gasteiger partial charge in [-0.05, 0) is 54.4 Å². The zero-order valence-corrected chi connectivity index (χ0v) is 17.9. The number of methoxy groups -OCH3 is 1. The van der Waals surface area contributed by atoms with Crippen LogP contribution in [0.4, 0.5) is 15.8 Å². The Kier molecular flexibility index (Phi) is 5.95. The van der Waals surface area contributed by atoms with E-state index in [1.54, 1.807) is 54.3 Å². The Morgan fingerprint density at radius 2 is 1.94 bits per heavy atom. The SMILES string of the molecule is COc1ccccc1C(=O)Nc1cccc([C@@H]2SCC(=O)N2c2ccc(C)c(F)c2)c1. The van der Waals surface area contributed by atoms with Gasteiger partial charge in [0.05, 0.1) is 18.4 Å². The molecule has 7 heteroatoms. The summed E-state index contributed by atoms with van der Waals surface area (Å²) in [6.45, 7) is 1.69. The summed E-state index contributed by atoms with van der Waals surface area (Å²) in [5.74, 6) is 0.0705. The van der Waals surface area contributed by atoms with E-state index in [-0.39, 0.29) is 23.0 Å². The number of halogens is 1. The van der Waals surface area contributed by atoms with Gasteiger partial charge in [0, 0.05) is 11.4 Å². The van der Waals surface area contributed by atoms with Gasteiger partial charge in [0.2, 0.25) is 5.91 Å². The number of para-hydroxylation sites is 1. The molecule has 0 radical (unpaired) electrons. The lowest BCUT2D eigenvalue weighted by atomic mass is 10.1. The van der Waals surface area contributed by atoms with Crippen molar-refractivity contribution >= 4 is 35.0 Å². The predicted octanol–water partition coefficient (Wildman–Crippen LogP) is 5.17. The first-order chi connectivity index (χ1) is 15.0. The van der Waals surface area contributed by atoms with E-state index in [1.807, 2.05) is 18.2 Å². The predicted molar refractivity (Wildman–Crippen MR) is 121 cm³/mol. The average molecular weight is 437 g/mol. The maximum absolute atomic E-state index is 14.1. The Balaban J connectivity index is 1.60. The van der Waals surface area contributed by atoms with Gasteiger partial charge >= 0.3 is 0 Å². The van der Waals surface area contributed by atoms with Gasteiger partial charge in [0.1, 0.15) is 16.9 Å². The molecule has 0 aromatic heterocycles. The number of ether oxygens (including phenoxy) is 1. The molecule has 4 rings (SSSR count). The largest absolute Gasteiger partial charge is 0.496 e. The normalized spacial score (nSPS) is 15.8. The fraction of sp³-hybridized carbons (Fsp3) is 0.167. The molecule has 1 N–H and O–H groups in total. The van der Waals surface area contributed by atoms with Crippen LogP contribution in [0.5, 0.6) is 5.75 Å². The maximum atomic E-state index is 14.1. The van der Waals surface area contributed by atoms with Crippen molar-refractivity contribution in [2.24, 2.45) is 0 Å². The minimum atomic E-state index is -0.348. The number of nitrogens with one attached hydrogen (secondary N) is 1. The highest BCUT2D eigenvalue weighted by Crippen LogP contribution is 2.42. The Hall–Kier alpha value is -3.32. The number of benzene rings is 3. The molecule has 1 atom stereocenters. The monoisotopic (exact) mass is 436 g/mol. The summed E-state index contributed by atoms with van der Waals surface area (Å²) in [6.07, 6.45) is 0. The van der Waals surface area contributed by atoms with Crippen molar-refractivity contribution < 1.29 is 18.7 Å². The van der Waals surface area contributed by atoms with E-state index in [1.165, 1.54) is 24.9 Å². The molecule has 1 heterocycles. The highest BCUT2D eigenvalue weighted by molar-refractivity contribution is 8.00. The zero-order chi connectivity index (χ0) is 22.0. The summed E-state index contributed by atoms with van der Waals surface area (Å²) in [5, 5.41) is 2.58. The maximum Gasteiger partial charge on any atom is 0.259 e. The van der Waals surface area contributed by atoms with Crippen LogP contribution in [0.1, 0.15) is 26.9 Å². The van der Waals surface area contributed by atoms with Gasteiger partial charge in [-0.2, -0.15) is 0 Å². The molecule has 5 nitrogen and oxygen atoms in total. The Morgan fingerprint density at radius 1 is 1.13 bits per heavy atom. The molecule has 1 fully saturated rings. The van der Waals surface area contributed by atoms with E-state index in [0.29, 0.717) is 34.0 Å². The topological polar surface area (TPSA) is 58.6 Å². The average Bonchev–Trinajstić information content (AvgIpc) is 3.17. The van der Waals surface area contributed by atoms with Gasteiger partial charge < -0.3 is 10.1 Å². The number of carbonyl (C=O) groups excluding carboxylic acids is 2. The number of aryl methyl sites for hydroxylation is 1. The summed E-state index contributed by atoms with van der Waals surface area (Å²) in [4.78, 5) is 26.9. The van der Waals surface area contributed by atoms with E-state index >= 15 is 0 Å². The fourth-order valence-corrected chi connectivity index (χ4v) is 4.65. The highest BCUT2D eigenvalue weighted by Gasteiger charge is 2.34. The van der Waals surface area contributed by atoms with Crippen LogP contribution in [0, 0.1) is 12.7 Å². The van der Waals surface area contributed by atoms with Crippen molar-refractivity contribution in [3.63, 3.8) is 0 Å². The van der Waals surface area contributed by atoms with Gasteiger partial charge in [-0.25, -0.2) is 4.39 Å². The number of hydrogen-bond acceptors (Lipinski definition) is 4. The lowest BCUT2D eigenvalue weighted by Crippen LogP contribution is -2.28. The second-order valence-corrected chi connectivity index (χ2v) is 8.21. The van der Waals surface area contributed by atoms with Gasteiger partial charge in [-0.1, -0.05) is 30.3 Å². The molecular weight excluding hydrogens is 415 g/mol. The lowest BCUT2D eigenvalue weighted by molar-refractivity contribution is -0.115. The molecule has 3 aromatic carbocycles. The quantitative estimate of drug-likeness (QED) is 0.599. The summed E-state index contributed by atoms with van der Waals surface area (Å²) in [5.41, 5.74) is 2.92. The summed E-state index contributed by atoms with van der Waals surface area (Å²) >= 11 is 1.47. The third-order valence-corrected chi connectivity index (χ3v) is 6.30. The van der Waals surface area contributed by atoms with Crippen LogP contribution in [-0.4, -0.2) is 24.7 Å². The van der Waals surface area contributed by atoms with Gasteiger partial charge in [-0.15, -0.1) is 11.8 Å². The van der Waals surface area contributed by atoms with Crippen LogP contribution in [0.3, 0.4) is 0 Å². The highest BCUT2D eigenvalue weighted by atomic mass is 32.2. The van der Waals surface area contributed by atoms with Crippen molar-refractivity contribution in [1.82, 2.24) is 0 Å². The second-order valence-electron chi connectivity index (χ2n) is 7.14. The standard InChI is InChI=1S/C24H21FN2O3S/c1-15-10-11-18(13-20(15)25)27-22(28)14-31-24(27)16-6-5-7-17(12-16)26-23(29)19-8-3-4-9-21(19)30-2/h3-13,24H,14H2,1-2H3,(H,26,29)/t24-/m0/s1. The number of thioether (sulfide) groups is 1. The van der Waals surface area contributed by atoms with Crippen LogP contribution in [0.25, 0.3) is 0 Å². The Morgan fingerprint density at radius 3 is 2.71 bits per heavy atom. The minimum absolute atomic E-state index is 0.0817. The minimum Gasteiger partial charge on any atom is -0.496 e. The molecule has 1 aliphatic heterocycles. The molecule has 1 aliphatic rings. The molecule has 0 spiro atoms. The van der Waals surface area contributed by atoms with Crippen LogP contribution in [-0.2, 0) is 4.79 Å². The molecule has 3 aromatic rings.